The highest BCUT2D eigenvalue weighted by Gasteiger charge is 2.36. The van der Waals surface area contributed by atoms with Gasteiger partial charge in [0.25, 0.3) is 0 Å². The van der Waals surface area contributed by atoms with Crippen molar-refractivity contribution in [2.75, 3.05) is 25.4 Å². The number of thioether (sulfide) groups is 1. The van der Waals surface area contributed by atoms with Crippen LogP contribution >= 0.6 is 11.8 Å². The smallest absolute Gasteiger partial charge is 0.338 e. The lowest BCUT2D eigenvalue weighted by molar-refractivity contribution is -0.132. The van der Waals surface area contributed by atoms with Crippen LogP contribution in [0.15, 0.2) is 46.5 Å². The lowest BCUT2D eigenvalue weighted by atomic mass is 10.0. The monoisotopic (exact) mass is 420 g/mol. The van der Waals surface area contributed by atoms with E-state index in [-0.39, 0.29) is 18.1 Å². The average Bonchev–Trinajstić information content (AvgIpc) is 2.69. The second-order valence-corrected chi connectivity index (χ2v) is 8.59. The molecule has 2 unspecified atom stereocenters. The second kappa shape index (κ2) is 9.78. The van der Waals surface area contributed by atoms with E-state index >= 15 is 0 Å². The molecule has 0 aromatic heterocycles. The van der Waals surface area contributed by atoms with Crippen molar-refractivity contribution in [1.82, 2.24) is 9.80 Å². The van der Waals surface area contributed by atoms with Gasteiger partial charge >= 0.3 is 5.97 Å². The van der Waals surface area contributed by atoms with Crippen molar-refractivity contribution >= 4 is 17.7 Å². The molecule has 158 valence electrons. The minimum atomic E-state index is -0.925. The van der Waals surface area contributed by atoms with Crippen molar-refractivity contribution < 1.29 is 19.0 Å². The summed E-state index contributed by atoms with van der Waals surface area (Å²) in [6.45, 7) is 8.66. The van der Waals surface area contributed by atoms with Crippen LogP contribution in [-0.2, 0) is 16.1 Å². The molecule has 5 nitrogen and oxygen atoms in total. The number of aliphatic carboxylic acids is 1. The molecule has 1 saturated heterocycles. The average molecular weight is 421 g/mol. The topological polar surface area (TPSA) is 53.0 Å². The Labute approximate surface area is 176 Å². The summed E-state index contributed by atoms with van der Waals surface area (Å²) in [6.07, 6.45) is 3.04. The summed E-state index contributed by atoms with van der Waals surface area (Å²) in [6, 6.07) is 6.52. The van der Waals surface area contributed by atoms with Gasteiger partial charge < -0.3 is 14.7 Å². The van der Waals surface area contributed by atoms with E-state index in [2.05, 4.69) is 16.7 Å². The predicted octanol–water partition coefficient (Wildman–Crippen LogP) is 4.07. The van der Waals surface area contributed by atoms with Crippen LogP contribution in [0.5, 0.6) is 0 Å². The zero-order valence-corrected chi connectivity index (χ0v) is 18.0. The van der Waals surface area contributed by atoms with Crippen molar-refractivity contribution in [2.24, 2.45) is 0 Å². The Morgan fingerprint density at radius 2 is 2.17 bits per heavy atom. The number of benzene rings is 1. The largest absolute Gasteiger partial charge is 0.478 e. The van der Waals surface area contributed by atoms with Gasteiger partial charge in [0, 0.05) is 19.6 Å². The summed E-state index contributed by atoms with van der Waals surface area (Å²) in [5, 5.41) is 10.6. The first-order chi connectivity index (χ1) is 13.9. The van der Waals surface area contributed by atoms with Crippen LogP contribution < -0.4 is 0 Å². The van der Waals surface area contributed by atoms with Gasteiger partial charge in [-0.05, 0) is 48.4 Å². The molecule has 0 bridgehead atoms. The van der Waals surface area contributed by atoms with Gasteiger partial charge in [0.15, 0.2) is 0 Å². The molecule has 2 atom stereocenters. The zero-order valence-electron chi connectivity index (χ0n) is 17.2. The molecule has 29 heavy (non-hydrogen) atoms. The van der Waals surface area contributed by atoms with E-state index in [1.165, 1.54) is 23.9 Å². The highest BCUT2D eigenvalue weighted by molar-refractivity contribution is 8.03. The molecule has 1 fully saturated rings. The quantitative estimate of drug-likeness (QED) is 0.718. The van der Waals surface area contributed by atoms with E-state index in [1.54, 1.807) is 6.07 Å². The Morgan fingerprint density at radius 1 is 1.38 bits per heavy atom. The molecule has 2 aliphatic rings. The first-order valence-corrected chi connectivity index (χ1v) is 11.1. The summed E-state index contributed by atoms with van der Waals surface area (Å²) in [5.41, 5.74) is 1.93. The second-order valence-electron chi connectivity index (χ2n) is 7.34. The third-order valence-corrected chi connectivity index (χ3v) is 6.32. The number of ether oxygens (including phenoxy) is 1. The predicted molar refractivity (Wildman–Crippen MR) is 114 cm³/mol. The number of carbonyl (C=O) groups is 1. The van der Waals surface area contributed by atoms with Crippen LogP contribution in [0.1, 0.15) is 32.8 Å². The van der Waals surface area contributed by atoms with Gasteiger partial charge in [-0.3, -0.25) is 4.90 Å². The summed E-state index contributed by atoms with van der Waals surface area (Å²) in [5.74, 6) is -0.454. The minimum Gasteiger partial charge on any atom is -0.478 e. The molecular formula is C22H29FN2O3S. The van der Waals surface area contributed by atoms with E-state index in [1.807, 2.05) is 26.0 Å². The molecule has 0 amide bonds. The van der Waals surface area contributed by atoms with Crippen molar-refractivity contribution in [3.8, 4) is 0 Å². The van der Waals surface area contributed by atoms with Gasteiger partial charge in [0.1, 0.15) is 12.0 Å². The Morgan fingerprint density at radius 3 is 2.83 bits per heavy atom. The number of nitrogens with zero attached hydrogens (tertiary/aromatic N) is 2. The van der Waals surface area contributed by atoms with E-state index < -0.39 is 5.97 Å². The highest BCUT2D eigenvalue weighted by Crippen LogP contribution is 2.37. The van der Waals surface area contributed by atoms with Gasteiger partial charge in [0.2, 0.25) is 0 Å². The fourth-order valence-corrected chi connectivity index (χ4v) is 4.91. The van der Waals surface area contributed by atoms with Crippen LogP contribution in [0.3, 0.4) is 0 Å². The Bertz CT molecular complexity index is 811. The number of hydrogen-bond donors (Lipinski definition) is 1. The van der Waals surface area contributed by atoms with E-state index in [9.17, 15) is 14.3 Å². The zero-order chi connectivity index (χ0) is 21.0. The Kier molecular flexibility index (Phi) is 7.38. The first kappa shape index (κ1) is 21.9. The van der Waals surface area contributed by atoms with Crippen LogP contribution in [0.4, 0.5) is 4.39 Å². The standard InChI is InChI=1S/C22H29FN2O3S/c1-4-18-14-24(9-10-28-18)19-11-15(3)20(22(26)27)21(29-5-2)25(19)13-16-7-6-8-17(23)12-16/h6-8,11-12,18-19H,4-5,9-10,13-14H2,1-3H3,(H,26,27). The SMILES string of the molecule is CCSC1=C(C(=O)O)C(C)=CC(N2CCOC(CC)C2)N1Cc1cccc(F)c1. The number of hydrogen-bond acceptors (Lipinski definition) is 5. The molecule has 1 aromatic rings. The molecule has 0 radical (unpaired) electrons. The fourth-order valence-electron chi connectivity index (χ4n) is 3.91. The third kappa shape index (κ3) is 5.02. The fraction of sp³-hybridized carbons (Fsp3) is 0.500. The number of morpholine rings is 1. The Hall–Kier alpha value is -1.83. The molecule has 2 heterocycles. The molecule has 1 N–H and O–H groups in total. The van der Waals surface area contributed by atoms with Gasteiger partial charge in [0.05, 0.1) is 23.3 Å². The van der Waals surface area contributed by atoms with Crippen LogP contribution in [0, 0.1) is 5.82 Å². The third-order valence-electron chi connectivity index (χ3n) is 5.32. The summed E-state index contributed by atoms with van der Waals surface area (Å²) in [7, 11) is 0. The minimum absolute atomic E-state index is 0.0895. The van der Waals surface area contributed by atoms with Crippen molar-refractivity contribution in [3.63, 3.8) is 0 Å². The van der Waals surface area contributed by atoms with Crippen LogP contribution in [-0.4, -0.2) is 58.6 Å². The van der Waals surface area contributed by atoms with Gasteiger partial charge in [-0.2, -0.15) is 0 Å². The lowest BCUT2D eigenvalue weighted by Gasteiger charge is -2.46. The maximum atomic E-state index is 13.8. The molecule has 1 aromatic carbocycles. The van der Waals surface area contributed by atoms with Gasteiger partial charge in [-0.25, -0.2) is 9.18 Å². The molecule has 0 aliphatic carbocycles. The molecule has 0 spiro atoms. The van der Waals surface area contributed by atoms with Crippen molar-refractivity contribution in [2.45, 2.75) is 46.0 Å². The molecule has 2 aliphatic heterocycles. The Balaban J connectivity index is 2.01. The first-order valence-electron chi connectivity index (χ1n) is 10.1. The highest BCUT2D eigenvalue weighted by atomic mass is 32.2. The number of rotatable bonds is 7. The molecular weight excluding hydrogens is 391 g/mol. The van der Waals surface area contributed by atoms with E-state index in [0.29, 0.717) is 18.7 Å². The van der Waals surface area contributed by atoms with E-state index in [4.69, 9.17) is 4.74 Å². The summed E-state index contributed by atoms with van der Waals surface area (Å²) >= 11 is 1.53. The maximum absolute atomic E-state index is 13.8. The van der Waals surface area contributed by atoms with Crippen molar-refractivity contribution in [3.05, 3.63) is 57.9 Å². The molecule has 7 heteroatoms. The normalized spacial score (nSPS) is 23.3. The summed E-state index contributed by atoms with van der Waals surface area (Å²) < 4.78 is 19.6. The summed E-state index contributed by atoms with van der Waals surface area (Å²) in [4.78, 5) is 16.5. The van der Waals surface area contributed by atoms with Crippen molar-refractivity contribution in [1.29, 1.82) is 0 Å². The lowest BCUT2D eigenvalue weighted by Crippen LogP contribution is -2.54. The number of carboxylic acids is 1. The number of halogens is 1. The maximum Gasteiger partial charge on any atom is 0.338 e. The van der Waals surface area contributed by atoms with E-state index in [0.717, 1.165) is 41.4 Å². The van der Waals surface area contributed by atoms with Gasteiger partial charge in [-0.1, -0.05) is 26.0 Å². The molecule has 3 rings (SSSR count). The van der Waals surface area contributed by atoms with Gasteiger partial charge in [-0.15, -0.1) is 11.8 Å². The van der Waals surface area contributed by atoms with Crippen LogP contribution in [0.2, 0.25) is 0 Å². The van der Waals surface area contributed by atoms with Crippen LogP contribution in [0.25, 0.3) is 0 Å². The number of carboxylic acid groups (broad SMARTS) is 1. The molecule has 0 saturated carbocycles.